The predicted octanol–water partition coefficient (Wildman–Crippen LogP) is 1.57. The zero-order chi connectivity index (χ0) is 7.56. The molecule has 2 N–H and O–H groups in total. The van der Waals surface area contributed by atoms with Crippen LogP contribution >= 0.6 is 23.1 Å². The van der Waals surface area contributed by atoms with Crippen LogP contribution in [0.25, 0.3) is 0 Å². The molecule has 4 heteroatoms. The lowest BCUT2D eigenvalue weighted by atomic mass is 10.4. The highest BCUT2D eigenvalue weighted by atomic mass is 32.2. The third kappa shape index (κ3) is 1.33. The van der Waals surface area contributed by atoms with E-state index in [1.807, 2.05) is 17.7 Å². The summed E-state index contributed by atoms with van der Waals surface area (Å²) in [6.45, 7) is 0. The second-order valence-corrected chi connectivity index (χ2v) is 3.45. The number of nitrogens with two attached hydrogens (primary N) is 1. The lowest BCUT2D eigenvalue weighted by Crippen LogP contribution is -2.09. The predicted molar refractivity (Wildman–Crippen MR) is 44.6 cm³/mol. The maximum atomic E-state index is 10.7. The number of primary amides is 1. The molecule has 1 aromatic rings. The minimum Gasteiger partial charge on any atom is -0.365 e. The van der Waals surface area contributed by atoms with E-state index in [1.165, 1.54) is 23.1 Å². The van der Waals surface area contributed by atoms with Crippen LogP contribution in [0.15, 0.2) is 16.3 Å². The molecule has 1 amide bonds. The molecule has 1 rings (SSSR count). The van der Waals surface area contributed by atoms with Gasteiger partial charge >= 0.3 is 0 Å². The van der Waals surface area contributed by atoms with Crippen molar-refractivity contribution in [3.8, 4) is 0 Å². The van der Waals surface area contributed by atoms with Crippen LogP contribution in [0.3, 0.4) is 0 Å². The van der Waals surface area contributed by atoms with Crippen LogP contribution in [0.4, 0.5) is 0 Å². The van der Waals surface area contributed by atoms with Gasteiger partial charge in [0.05, 0.1) is 0 Å². The molecule has 1 aromatic heterocycles. The van der Waals surface area contributed by atoms with Crippen LogP contribution in [0.5, 0.6) is 0 Å². The summed E-state index contributed by atoms with van der Waals surface area (Å²) >= 11 is 2.93. The third-order valence-corrected chi connectivity index (χ3v) is 2.91. The molecule has 0 unspecified atom stereocenters. The van der Waals surface area contributed by atoms with Crippen molar-refractivity contribution in [3.05, 3.63) is 16.3 Å². The summed E-state index contributed by atoms with van der Waals surface area (Å²) < 4.78 is 0. The summed E-state index contributed by atoms with van der Waals surface area (Å²) in [4.78, 5) is 12.3. The van der Waals surface area contributed by atoms with Gasteiger partial charge in [0.25, 0.3) is 5.91 Å². The van der Waals surface area contributed by atoms with Crippen LogP contribution in [-0.4, -0.2) is 12.2 Å². The molecule has 2 nitrogen and oxygen atoms in total. The molecule has 0 fully saturated rings. The van der Waals surface area contributed by atoms with Crippen molar-refractivity contribution < 1.29 is 4.79 Å². The minimum absolute atomic E-state index is 0.334. The van der Waals surface area contributed by atoms with Crippen LogP contribution in [0.2, 0.25) is 0 Å². The standard InChI is InChI=1S/C6H7NOS2/c1-9-4-2-3-10-5(4)6(7)8/h2-3H,1H3,(H2,7,8). The van der Waals surface area contributed by atoms with Crippen molar-refractivity contribution in [2.45, 2.75) is 4.90 Å². The molecular weight excluding hydrogens is 166 g/mol. The zero-order valence-electron chi connectivity index (χ0n) is 5.46. The average Bonchev–Trinajstić information content (AvgIpc) is 2.33. The Hall–Kier alpha value is -0.480. The summed E-state index contributed by atoms with van der Waals surface area (Å²) in [7, 11) is 0. The molecule has 0 spiro atoms. The molecule has 0 aliphatic rings. The SMILES string of the molecule is CSc1ccsc1C(N)=O. The van der Waals surface area contributed by atoms with Gasteiger partial charge in [-0.2, -0.15) is 0 Å². The van der Waals surface area contributed by atoms with E-state index in [0.717, 1.165) is 4.90 Å². The van der Waals surface area contributed by atoms with Gasteiger partial charge in [-0.15, -0.1) is 23.1 Å². The number of carbonyl (C=O) groups excluding carboxylic acids is 1. The Balaban J connectivity index is 3.01. The Bertz CT molecular complexity index is 244. The molecule has 10 heavy (non-hydrogen) atoms. The van der Waals surface area contributed by atoms with Crippen LogP contribution in [0, 0.1) is 0 Å². The first-order chi connectivity index (χ1) is 4.75. The van der Waals surface area contributed by atoms with Gasteiger partial charge in [0.1, 0.15) is 4.88 Å². The van der Waals surface area contributed by atoms with Crippen molar-refractivity contribution in [3.63, 3.8) is 0 Å². The molecular formula is C6H7NOS2. The molecule has 0 saturated carbocycles. The van der Waals surface area contributed by atoms with Crippen molar-refractivity contribution in [2.75, 3.05) is 6.26 Å². The van der Waals surface area contributed by atoms with Gasteiger partial charge in [0, 0.05) is 4.90 Å². The summed E-state index contributed by atoms with van der Waals surface area (Å²) in [6.07, 6.45) is 1.93. The zero-order valence-corrected chi connectivity index (χ0v) is 7.09. The van der Waals surface area contributed by atoms with Crippen molar-refractivity contribution in [2.24, 2.45) is 5.73 Å². The van der Waals surface area contributed by atoms with Gasteiger partial charge in [-0.3, -0.25) is 4.79 Å². The van der Waals surface area contributed by atoms with Crippen molar-refractivity contribution >= 4 is 29.0 Å². The normalized spacial score (nSPS) is 9.70. The second-order valence-electron chi connectivity index (χ2n) is 1.68. The fourth-order valence-electron chi connectivity index (χ4n) is 0.638. The number of carbonyl (C=O) groups is 1. The lowest BCUT2D eigenvalue weighted by molar-refractivity contribution is 0.100. The molecule has 0 atom stereocenters. The number of hydrogen-bond acceptors (Lipinski definition) is 3. The molecule has 0 aromatic carbocycles. The van der Waals surface area contributed by atoms with Crippen molar-refractivity contribution in [1.29, 1.82) is 0 Å². The van der Waals surface area contributed by atoms with Gasteiger partial charge in [0.15, 0.2) is 0 Å². The third-order valence-electron chi connectivity index (χ3n) is 1.07. The maximum absolute atomic E-state index is 10.7. The smallest absolute Gasteiger partial charge is 0.259 e. The van der Waals surface area contributed by atoms with Crippen molar-refractivity contribution in [1.82, 2.24) is 0 Å². The van der Waals surface area contributed by atoms with Gasteiger partial charge in [-0.1, -0.05) is 0 Å². The highest BCUT2D eigenvalue weighted by Crippen LogP contribution is 2.24. The highest BCUT2D eigenvalue weighted by molar-refractivity contribution is 7.98. The lowest BCUT2D eigenvalue weighted by Gasteiger charge is -1.92. The number of hydrogen-bond donors (Lipinski definition) is 1. The van der Waals surface area contributed by atoms with E-state index >= 15 is 0 Å². The fourth-order valence-corrected chi connectivity index (χ4v) is 2.25. The Morgan fingerprint density at radius 2 is 2.50 bits per heavy atom. The molecule has 0 radical (unpaired) electrons. The topological polar surface area (TPSA) is 43.1 Å². The Morgan fingerprint density at radius 1 is 1.80 bits per heavy atom. The summed E-state index contributed by atoms with van der Waals surface area (Å²) in [5, 5.41) is 1.87. The first-order valence-corrected chi connectivity index (χ1v) is 4.77. The monoisotopic (exact) mass is 173 g/mol. The Morgan fingerprint density at radius 3 is 2.90 bits per heavy atom. The largest absolute Gasteiger partial charge is 0.365 e. The molecule has 0 bridgehead atoms. The summed E-state index contributed by atoms with van der Waals surface area (Å²) in [5.74, 6) is -0.334. The van der Waals surface area contributed by atoms with E-state index in [9.17, 15) is 4.79 Å². The second kappa shape index (κ2) is 3.07. The van der Waals surface area contributed by atoms with Gasteiger partial charge in [-0.05, 0) is 17.7 Å². The highest BCUT2D eigenvalue weighted by Gasteiger charge is 2.07. The fraction of sp³-hybridized carbons (Fsp3) is 0.167. The van der Waals surface area contributed by atoms with E-state index in [4.69, 9.17) is 5.73 Å². The summed E-state index contributed by atoms with van der Waals surface area (Å²) in [6, 6.07) is 1.90. The number of amides is 1. The molecule has 1 heterocycles. The molecule has 0 saturated heterocycles. The average molecular weight is 173 g/mol. The molecule has 0 aliphatic heterocycles. The first-order valence-electron chi connectivity index (χ1n) is 2.67. The Labute approximate surface area is 67.4 Å². The summed E-state index contributed by atoms with van der Waals surface area (Å²) in [5.41, 5.74) is 5.09. The minimum atomic E-state index is -0.334. The van der Waals surface area contributed by atoms with E-state index in [2.05, 4.69) is 0 Å². The van der Waals surface area contributed by atoms with E-state index in [0.29, 0.717) is 4.88 Å². The quantitative estimate of drug-likeness (QED) is 0.690. The number of thioether (sulfide) groups is 1. The van der Waals surface area contributed by atoms with Gasteiger partial charge < -0.3 is 5.73 Å². The van der Waals surface area contributed by atoms with Gasteiger partial charge in [-0.25, -0.2) is 0 Å². The van der Waals surface area contributed by atoms with Gasteiger partial charge in [0.2, 0.25) is 0 Å². The van der Waals surface area contributed by atoms with E-state index < -0.39 is 0 Å². The number of thiophene rings is 1. The molecule has 54 valence electrons. The first kappa shape index (κ1) is 7.63. The van der Waals surface area contributed by atoms with Crippen LogP contribution < -0.4 is 5.73 Å². The van der Waals surface area contributed by atoms with E-state index in [-0.39, 0.29) is 5.91 Å². The molecule has 0 aliphatic carbocycles. The Kier molecular flexibility index (Phi) is 2.34. The van der Waals surface area contributed by atoms with E-state index in [1.54, 1.807) is 0 Å². The maximum Gasteiger partial charge on any atom is 0.259 e. The van der Waals surface area contributed by atoms with Crippen LogP contribution in [0.1, 0.15) is 9.67 Å². The van der Waals surface area contributed by atoms with Crippen LogP contribution in [-0.2, 0) is 0 Å². The number of rotatable bonds is 2.